The van der Waals surface area contributed by atoms with Gasteiger partial charge >= 0.3 is 5.97 Å². The van der Waals surface area contributed by atoms with Crippen LogP contribution in [0.2, 0.25) is 0 Å². The van der Waals surface area contributed by atoms with Crippen molar-refractivity contribution in [3.8, 4) is 0 Å². The Morgan fingerprint density at radius 2 is 1.63 bits per heavy atom. The van der Waals surface area contributed by atoms with Crippen LogP contribution in [0.5, 0.6) is 0 Å². The van der Waals surface area contributed by atoms with Crippen molar-refractivity contribution in [2.75, 3.05) is 13.2 Å². The van der Waals surface area contributed by atoms with Gasteiger partial charge in [-0.05, 0) is 30.0 Å². The number of rotatable bonds is 14. The Morgan fingerprint density at radius 1 is 0.930 bits per heavy atom. The Labute approximate surface area is 250 Å². The minimum atomic E-state index is -1.40. The minimum Gasteiger partial charge on any atom is -0.480 e. The molecule has 11 heteroatoms. The fourth-order valence-corrected chi connectivity index (χ4v) is 5.45. The van der Waals surface area contributed by atoms with E-state index in [0.29, 0.717) is 12.1 Å². The maximum Gasteiger partial charge on any atom is 0.322 e. The summed E-state index contributed by atoms with van der Waals surface area (Å²) in [6.07, 6.45) is 5.42. The highest BCUT2D eigenvalue weighted by molar-refractivity contribution is 6.38. The van der Waals surface area contributed by atoms with Crippen LogP contribution in [0.4, 0.5) is 0 Å². The van der Waals surface area contributed by atoms with E-state index >= 15 is 0 Å². The molecule has 1 aromatic heterocycles. The second-order valence-corrected chi connectivity index (χ2v) is 10.9. The summed E-state index contributed by atoms with van der Waals surface area (Å²) < 4.78 is 7.45. The zero-order valence-corrected chi connectivity index (χ0v) is 24.2. The van der Waals surface area contributed by atoms with Gasteiger partial charge in [-0.25, -0.2) is 0 Å². The SMILES string of the molecule is Cn1c(C(=O)N[C@H](CC2CCCCC2)C(=O)NC(COCc2ccccc2)C(=O)C(=O)NCC(=O)O)cc2ccccc21. The zero-order valence-electron chi connectivity index (χ0n) is 24.2. The van der Waals surface area contributed by atoms with Gasteiger partial charge in [-0.2, -0.15) is 0 Å². The molecule has 2 atom stereocenters. The fourth-order valence-electron chi connectivity index (χ4n) is 5.45. The first-order valence-electron chi connectivity index (χ1n) is 14.5. The van der Waals surface area contributed by atoms with Crippen LogP contribution in [0, 0.1) is 5.92 Å². The first kappa shape index (κ1) is 31.4. The van der Waals surface area contributed by atoms with Crippen molar-refractivity contribution < 1.29 is 33.8 Å². The number of hydrogen-bond donors (Lipinski definition) is 4. The lowest BCUT2D eigenvalue weighted by Gasteiger charge is -2.28. The van der Waals surface area contributed by atoms with E-state index in [2.05, 4.69) is 10.6 Å². The summed E-state index contributed by atoms with van der Waals surface area (Å²) in [6, 6.07) is 16.1. The van der Waals surface area contributed by atoms with Gasteiger partial charge < -0.3 is 30.4 Å². The molecule has 43 heavy (non-hydrogen) atoms. The van der Waals surface area contributed by atoms with Crippen molar-refractivity contribution in [3.63, 3.8) is 0 Å². The van der Waals surface area contributed by atoms with Crippen molar-refractivity contribution in [2.45, 2.75) is 57.2 Å². The molecule has 4 N–H and O–H groups in total. The Morgan fingerprint density at radius 3 is 2.33 bits per heavy atom. The number of fused-ring (bicyclic) bond motifs is 1. The summed E-state index contributed by atoms with van der Waals surface area (Å²) in [5.74, 6) is -4.36. The van der Waals surface area contributed by atoms with E-state index in [-0.39, 0.29) is 19.1 Å². The molecule has 1 unspecified atom stereocenters. The molecule has 4 rings (SSSR count). The van der Waals surface area contributed by atoms with Gasteiger partial charge in [-0.15, -0.1) is 0 Å². The van der Waals surface area contributed by atoms with Crippen LogP contribution in [0.25, 0.3) is 10.9 Å². The Hall–Kier alpha value is -4.51. The van der Waals surface area contributed by atoms with Crippen molar-refractivity contribution >= 4 is 40.4 Å². The van der Waals surface area contributed by atoms with E-state index in [0.717, 1.165) is 48.6 Å². The van der Waals surface area contributed by atoms with Crippen LogP contribution < -0.4 is 16.0 Å². The monoisotopic (exact) mass is 590 g/mol. The highest BCUT2D eigenvalue weighted by Crippen LogP contribution is 2.28. The van der Waals surface area contributed by atoms with Crippen LogP contribution in [0.1, 0.15) is 54.6 Å². The predicted octanol–water partition coefficient (Wildman–Crippen LogP) is 2.72. The molecule has 0 aliphatic heterocycles. The summed E-state index contributed by atoms with van der Waals surface area (Å²) >= 11 is 0. The molecule has 0 radical (unpaired) electrons. The van der Waals surface area contributed by atoms with Crippen LogP contribution in [-0.4, -0.2) is 64.4 Å². The number of aromatic nitrogens is 1. The largest absolute Gasteiger partial charge is 0.480 e. The number of para-hydroxylation sites is 1. The summed E-state index contributed by atoms with van der Waals surface area (Å²) in [4.78, 5) is 63.6. The maximum atomic E-state index is 13.7. The van der Waals surface area contributed by atoms with E-state index in [9.17, 15) is 24.0 Å². The molecule has 0 saturated heterocycles. The van der Waals surface area contributed by atoms with Gasteiger partial charge in [0.25, 0.3) is 11.8 Å². The molecule has 0 spiro atoms. The number of nitrogens with zero attached hydrogens (tertiary/aromatic N) is 1. The first-order chi connectivity index (χ1) is 20.7. The van der Waals surface area contributed by atoms with E-state index in [4.69, 9.17) is 9.84 Å². The Bertz CT molecular complexity index is 1450. The van der Waals surface area contributed by atoms with Crippen molar-refractivity contribution in [1.29, 1.82) is 0 Å². The number of carbonyl (C=O) groups is 5. The highest BCUT2D eigenvalue weighted by atomic mass is 16.5. The Kier molecular flexibility index (Phi) is 11.0. The lowest BCUT2D eigenvalue weighted by molar-refractivity contribution is -0.143. The standard InChI is InChI=1S/C32H38N4O7/c1-36-26-15-9-8-14-23(26)17-27(36)31(41)34-24(16-21-10-4-2-5-11-21)30(40)35-25(29(39)32(42)33-18-28(37)38)20-43-19-22-12-6-3-7-13-22/h3,6-9,12-15,17,21,24-25H,2,4-5,10-11,16,18-20H2,1H3,(H,33,42)(H,34,41)(H,35,40)(H,37,38)/t24-,25?/m1/s1. The maximum absolute atomic E-state index is 13.7. The topological polar surface area (TPSA) is 156 Å². The first-order valence-corrected chi connectivity index (χ1v) is 14.5. The lowest BCUT2D eigenvalue weighted by atomic mass is 9.84. The molecule has 228 valence electrons. The van der Waals surface area contributed by atoms with Gasteiger partial charge in [0, 0.05) is 18.0 Å². The third-order valence-electron chi connectivity index (χ3n) is 7.75. The molecule has 1 heterocycles. The smallest absolute Gasteiger partial charge is 0.322 e. The van der Waals surface area contributed by atoms with E-state index in [1.807, 2.05) is 59.9 Å². The number of Topliss-reactive ketones (excluding diaryl/α,β-unsaturated/α-hetero) is 1. The van der Waals surface area contributed by atoms with Gasteiger partial charge in [0.05, 0.1) is 13.2 Å². The van der Waals surface area contributed by atoms with Gasteiger partial charge in [-0.1, -0.05) is 80.6 Å². The van der Waals surface area contributed by atoms with Gasteiger partial charge in [0.1, 0.15) is 24.3 Å². The number of aliphatic carboxylic acids is 1. The highest BCUT2D eigenvalue weighted by Gasteiger charge is 2.33. The number of ketones is 1. The predicted molar refractivity (Wildman–Crippen MR) is 159 cm³/mol. The quantitative estimate of drug-likeness (QED) is 0.210. The molecule has 1 saturated carbocycles. The normalized spacial score (nSPS) is 14.9. The summed E-state index contributed by atoms with van der Waals surface area (Å²) in [7, 11) is 1.78. The average molecular weight is 591 g/mol. The van der Waals surface area contributed by atoms with Crippen LogP contribution in [-0.2, 0) is 37.6 Å². The number of carboxylic acids is 1. The third-order valence-corrected chi connectivity index (χ3v) is 7.75. The molecule has 2 aromatic carbocycles. The fraction of sp³-hybridized carbons (Fsp3) is 0.406. The van der Waals surface area contributed by atoms with Crippen molar-refractivity contribution in [2.24, 2.45) is 13.0 Å². The van der Waals surface area contributed by atoms with Crippen LogP contribution in [0.3, 0.4) is 0 Å². The van der Waals surface area contributed by atoms with E-state index < -0.39 is 48.1 Å². The Balaban J connectivity index is 1.52. The number of carboxylic acid groups (broad SMARTS) is 1. The number of hydrogen-bond acceptors (Lipinski definition) is 6. The molecule has 3 aromatic rings. The lowest BCUT2D eigenvalue weighted by Crippen LogP contribution is -2.56. The van der Waals surface area contributed by atoms with Gasteiger partial charge in [-0.3, -0.25) is 24.0 Å². The van der Waals surface area contributed by atoms with Gasteiger partial charge in [0.2, 0.25) is 11.7 Å². The number of ether oxygens (including phenoxy) is 1. The summed E-state index contributed by atoms with van der Waals surface area (Å²) in [5, 5.41) is 17.3. The molecule has 1 fully saturated rings. The average Bonchev–Trinajstić information content (AvgIpc) is 3.36. The number of benzene rings is 2. The third kappa shape index (κ3) is 8.74. The number of nitrogens with one attached hydrogen (secondary N) is 3. The van der Waals surface area contributed by atoms with Crippen molar-refractivity contribution in [1.82, 2.24) is 20.5 Å². The molecule has 0 bridgehead atoms. The second kappa shape index (κ2) is 15.1. The second-order valence-electron chi connectivity index (χ2n) is 10.9. The molecule has 1 aliphatic rings. The molecular weight excluding hydrogens is 552 g/mol. The summed E-state index contributed by atoms with van der Waals surface area (Å²) in [5.41, 5.74) is 2.08. The summed E-state index contributed by atoms with van der Waals surface area (Å²) in [6.45, 7) is -0.949. The number of carbonyl (C=O) groups excluding carboxylic acids is 4. The number of amides is 3. The van der Waals surface area contributed by atoms with Crippen molar-refractivity contribution in [3.05, 3.63) is 71.9 Å². The van der Waals surface area contributed by atoms with Crippen LogP contribution >= 0.6 is 0 Å². The van der Waals surface area contributed by atoms with E-state index in [1.54, 1.807) is 17.7 Å². The molecule has 3 amide bonds. The van der Waals surface area contributed by atoms with E-state index in [1.165, 1.54) is 0 Å². The zero-order chi connectivity index (χ0) is 30.8. The van der Waals surface area contributed by atoms with Gasteiger partial charge in [0.15, 0.2) is 0 Å². The molecular formula is C32H38N4O7. The molecule has 1 aliphatic carbocycles. The van der Waals surface area contributed by atoms with Crippen LogP contribution in [0.15, 0.2) is 60.7 Å². The minimum absolute atomic E-state index is 0.126. The molecule has 11 nitrogen and oxygen atoms in total. The number of aryl methyl sites for hydroxylation is 1.